The van der Waals surface area contributed by atoms with Gasteiger partial charge in [0.15, 0.2) is 0 Å². The number of nitrogens with one attached hydrogen (secondary N) is 1. The average Bonchev–Trinajstić information content (AvgIpc) is 2.09. The van der Waals surface area contributed by atoms with Gasteiger partial charge in [0.05, 0.1) is 12.2 Å². The number of rotatable bonds is 3. The first-order valence-corrected chi connectivity index (χ1v) is 4.74. The lowest BCUT2D eigenvalue weighted by atomic mass is 9.87. The van der Waals surface area contributed by atoms with Gasteiger partial charge in [0.25, 0.3) is 0 Å². The van der Waals surface area contributed by atoms with Crippen molar-refractivity contribution in [1.82, 2.24) is 5.32 Å². The van der Waals surface area contributed by atoms with Gasteiger partial charge in [-0.3, -0.25) is 4.79 Å². The summed E-state index contributed by atoms with van der Waals surface area (Å²) in [6.07, 6.45) is 1.97. The summed E-state index contributed by atoms with van der Waals surface area (Å²) in [4.78, 5) is 11.5. The van der Waals surface area contributed by atoms with Crippen LogP contribution in [0.25, 0.3) is 0 Å². The Balaban J connectivity index is 2.34. The van der Waals surface area contributed by atoms with Gasteiger partial charge in [-0.25, -0.2) is 0 Å². The minimum Gasteiger partial charge on any atom is -0.381 e. The minimum atomic E-state index is -0.932. The highest BCUT2D eigenvalue weighted by molar-refractivity contribution is 5.84. The minimum absolute atomic E-state index is 0.181. The van der Waals surface area contributed by atoms with Gasteiger partial charge >= 0.3 is 0 Å². The molecule has 1 saturated carbocycles. The SMILES string of the molecule is COC1CC(NC(=O)C(C)(C)C#N)C1. The van der Waals surface area contributed by atoms with Crippen molar-refractivity contribution in [3.8, 4) is 6.07 Å². The molecule has 0 radical (unpaired) electrons. The number of carbonyl (C=O) groups is 1. The van der Waals surface area contributed by atoms with Gasteiger partial charge in [-0.15, -0.1) is 0 Å². The quantitative estimate of drug-likeness (QED) is 0.727. The maximum atomic E-state index is 11.5. The Bertz CT molecular complexity index is 262. The first-order chi connectivity index (χ1) is 6.49. The van der Waals surface area contributed by atoms with E-state index in [4.69, 9.17) is 10.00 Å². The molecule has 0 aromatic rings. The molecule has 0 atom stereocenters. The van der Waals surface area contributed by atoms with Crippen molar-refractivity contribution in [3.63, 3.8) is 0 Å². The van der Waals surface area contributed by atoms with E-state index in [1.54, 1.807) is 21.0 Å². The summed E-state index contributed by atoms with van der Waals surface area (Å²) in [7, 11) is 1.67. The van der Waals surface area contributed by atoms with Gasteiger partial charge in [-0.2, -0.15) is 5.26 Å². The zero-order valence-electron chi connectivity index (χ0n) is 8.83. The number of amides is 1. The van der Waals surface area contributed by atoms with E-state index >= 15 is 0 Å². The third-order valence-corrected chi connectivity index (χ3v) is 2.61. The maximum absolute atomic E-state index is 11.5. The molecule has 1 aliphatic rings. The van der Waals surface area contributed by atoms with Crippen LogP contribution in [0.3, 0.4) is 0 Å². The molecule has 0 spiro atoms. The molecular formula is C10H16N2O2. The molecule has 1 fully saturated rings. The molecule has 1 N–H and O–H groups in total. The lowest BCUT2D eigenvalue weighted by Crippen LogP contribution is -2.50. The molecule has 0 unspecified atom stereocenters. The largest absolute Gasteiger partial charge is 0.381 e. The van der Waals surface area contributed by atoms with E-state index in [1.807, 2.05) is 6.07 Å². The maximum Gasteiger partial charge on any atom is 0.240 e. The predicted molar refractivity (Wildman–Crippen MR) is 51.4 cm³/mol. The Morgan fingerprint density at radius 3 is 2.57 bits per heavy atom. The van der Waals surface area contributed by atoms with Crippen LogP contribution in [0.2, 0.25) is 0 Å². The van der Waals surface area contributed by atoms with Crippen molar-refractivity contribution in [2.24, 2.45) is 5.41 Å². The third kappa shape index (κ3) is 2.24. The van der Waals surface area contributed by atoms with Crippen LogP contribution in [-0.4, -0.2) is 25.2 Å². The molecule has 0 heterocycles. The number of carbonyl (C=O) groups excluding carboxylic acids is 1. The molecule has 0 saturated heterocycles. The first-order valence-electron chi connectivity index (χ1n) is 4.74. The van der Waals surface area contributed by atoms with E-state index in [2.05, 4.69) is 5.32 Å². The monoisotopic (exact) mass is 196 g/mol. The Kier molecular flexibility index (Phi) is 3.12. The van der Waals surface area contributed by atoms with Gasteiger partial charge in [-0.05, 0) is 26.7 Å². The average molecular weight is 196 g/mol. The van der Waals surface area contributed by atoms with Crippen molar-refractivity contribution < 1.29 is 9.53 Å². The number of hydrogen-bond acceptors (Lipinski definition) is 3. The van der Waals surface area contributed by atoms with Crippen LogP contribution in [0.15, 0.2) is 0 Å². The van der Waals surface area contributed by atoms with Crippen molar-refractivity contribution in [2.45, 2.75) is 38.8 Å². The number of methoxy groups -OCH3 is 1. The van der Waals surface area contributed by atoms with Crippen LogP contribution in [0.1, 0.15) is 26.7 Å². The van der Waals surface area contributed by atoms with Crippen LogP contribution in [0.4, 0.5) is 0 Å². The van der Waals surface area contributed by atoms with E-state index in [0.29, 0.717) is 0 Å². The molecule has 78 valence electrons. The predicted octanol–water partition coefficient (Wildman–Crippen LogP) is 0.830. The molecule has 4 nitrogen and oxygen atoms in total. The van der Waals surface area contributed by atoms with Crippen molar-refractivity contribution in [1.29, 1.82) is 5.26 Å². The number of nitriles is 1. The number of hydrogen-bond donors (Lipinski definition) is 1. The fourth-order valence-corrected chi connectivity index (χ4v) is 1.29. The second-order valence-corrected chi connectivity index (χ2v) is 4.24. The molecule has 0 aliphatic heterocycles. The lowest BCUT2D eigenvalue weighted by Gasteiger charge is -2.35. The van der Waals surface area contributed by atoms with Crippen LogP contribution < -0.4 is 5.32 Å². The lowest BCUT2D eigenvalue weighted by molar-refractivity contribution is -0.129. The summed E-state index contributed by atoms with van der Waals surface area (Å²) in [6, 6.07) is 2.16. The molecule has 14 heavy (non-hydrogen) atoms. The normalized spacial score (nSPS) is 26.1. The summed E-state index contributed by atoms with van der Waals surface area (Å²) in [5.74, 6) is -0.195. The smallest absolute Gasteiger partial charge is 0.240 e. The van der Waals surface area contributed by atoms with E-state index in [0.717, 1.165) is 12.8 Å². The highest BCUT2D eigenvalue weighted by atomic mass is 16.5. The molecule has 1 amide bonds. The fraction of sp³-hybridized carbons (Fsp3) is 0.800. The van der Waals surface area contributed by atoms with Gasteiger partial charge < -0.3 is 10.1 Å². The zero-order chi connectivity index (χ0) is 10.8. The highest BCUT2D eigenvalue weighted by Crippen LogP contribution is 2.24. The summed E-state index contributed by atoms with van der Waals surface area (Å²) in [5, 5.41) is 11.6. The second kappa shape index (κ2) is 3.97. The Labute approximate surface area is 84.2 Å². The molecule has 0 bridgehead atoms. The summed E-state index contributed by atoms with van der Waals surface area (Å²) >= 11 is 0. The summed E-state index contributed by atoms with van der Waals surface area (Å²) in [6.45, 7) is 3.24. The Morgan fingerprint density at radius 1 is 1.57 bits per heavy atom. The van der Waals surface area contributed by atoms with Crippen LogP contribution in [0.5, 0.6) is 0 Å². The number of ether oxygens (including phenoxy) is 1. The molecule has 0 aromatic carbocycles. The third-order valence-electron chi connectivity index (χ3n) is 2.61. The zero-order valence-corrected chi connectivity index (χ0v) is 8.83. The van der Waals surface area contributed by atoms with Gasteiger partial charge in [-0.1, -0.05) is 0 Å². The molecule has 1 rings (SSSR count). The van der Waals surface area contributed by atoms with Gasteiger partial charge in [0.1, 0.15) is 5.41 Å². The van der Waals surface area contributed by atoms with E-state index in [9.17, 15) is 4.79 Å². The topological polar surface area (TPSA) is 62.1 Å². The Morgan fingerprint density at radius 2 is 2.14 bits per heavy atom. The summed E-state index contributed by atoms with van der Waals surface area (Å²) < 4.78 is 5.09. The standard InChI is InChI=1S/C10H16N2O2/c1-10(2,6-11)9(13)12-7-4-8(5-7)14-3/h7-8H,4-5H2,1-3H3,(H,12,13). The van der Waals surface area contributed by atoms with Gasteiger partial charge in [0.2, 0.25) is 5.91 Å². The van der Waals surface area contributed by atoms with E-state index < -0.39 is 5.41 Å². The fourth-order valence-electron chi connectivity index (χ4n) is 1.29. The van der Waals surface area contributed by atoms with Crippen LogP contribution >= 0.6 is 0 Å². The van der Waals surface area contributed by atoms with Crippen molar-refractivity contribution in [3.05, 3.63) is 0 Å². The first kappa shape index (κ1) is 11.0. The van der Waals surface area contributed by atoms with Crippen molar-refractivity contribution >= 4 is 5.91 Å². The molecule has 1 aliphatic carbocycles. The second-order valence-electron chi connectivity index (χ2n) is 4.24. The number of nitrogens with zero attached hydrogens (tertiary/aromatic N) is 1. The molecular weight excluding hydrogens is 180 g/mol. The van der Waals surface area contributed by atoms with Crippen LogP contribution in [-0.2, 0) is 9.53 Å². The van der Waals surface area contributed by atoms with E-state index in [1.165, 1.54) is 0 Å². The van der Waals surface area contributed by atoms with E-state index in [-0.39, 0.29) is 18.1 Å². The van der Waals surface area contributed by atoms with Crippen LogP contribution in [0, 0.1) is 16.7 Å². The van der Waals surface area contributed by atoms with Crippen molar-refractivity contribution in [2.75, 3.05) is 7.11 Å². The molecule has 4 heteroatoms. The Hall–Kier alpha value is -1.08. The molecule has 0 aromatic heterocycles. The summed E-state index contributed by atoms with van der Waals surface area (Å²) in [5.41, 5.74) is -0.932. The highest BCUT2D eigenvalue weighted by Gasteiger charge is 2.34. The van der Waals surface area contributed by atoms with Gasteiger partial charge in [0, 0.05) is 13.2 Å².